The number of benzene rings is 4. The summed E-state index contributed by atoms with van der Waals surface area (Å²) in [6, 6.07) is 32.1. The van der Waals surface area contributed by atoms with E-state index >= 15 is 0 Å². The van der Waals surface area contributed by atoms with Crippen LogP contribution in [0.4, 0.5) is 0 Å². The summed E-state index contributed by atoms with van der Waals surface area (Å²) in [5, 5.41) is 46.4. The second-order valence-electron chi connectivity index (χ2n) is 23.2. The molecular formula is C62H90N10O8. The lowest BCUT2D eigenvalue weighted by Gasteiger charge is -2.44. The molecule has 1 aliphatic heterocycles. The van der Waals surface area contributed by atoms with Crippen molar-refractivity contribution in [2.24, 2.45) is 10.8 Å². The summed E-state index contributed by atoms with van der Waals surface area (Å²) in [5.74, 6) is -2.32. The molecule has 1 saturated heterocycles. The normalized spacial score (nSPS) is 16.6. The number of likely N-dealkylation sites (N-methyl/N-ethyl adjacent to an activating group) is 2. The third kappa shape index (κ3) is 19.1. The zero-order valence-electron chi connectivity index (χ0n) is 48.6. The van der Waals surface area contributed by atoms with Gasteiger partial charge in [-0.2, -0.15) is 0 Å². The highest BCUT2D eigenvalue weighted by molar-refractivity contribution is 5.94. The van der Waals surface area contributed by atoms with Crippen LogP contribution in [0.5, 0.6) is 0 Å². The predicted molar refractivity (Wildman–Crippen MR) is 312 cm³/mol. The summed E-state index contributed by atoms with van der Waals surface area (Å²) >= 11 is 0. The topological polar surface area (TPSA) is 246 Å². The predicted octanol–water partition coefficient (Wildman–Crippen LogP) is 4.64. The molecule has 6 amide bonds. The Morgan fingerprint density at radius 1 is 0.575 bits per heavy atom. The summed E-state index contributed by atoms with van der Waals surface area (Å²) in [6.07, 6.45) is 0.953. The minimum Gasteiger partial charge on any atom is -0.379 e. The molecule has 80 heavy (non-hydrogen) atoms. The van der Waals surface area contributed by atoms with Crippen molar-refractivity contribution in [3.63, 3.8) is 0 Å². The average molecular weight is 1100 g/mol. The molecule has 0 aromatic heterocycles. The number of aliphatic hydroxyl groups is 2. The van der Waals surface area contributed by atoms with E-state index in [0.717, 1.165) is 22.3 Å². The van der Waals surface area contributed by atoms with E-state index in [4.69, 9.17) is 0 Å². The monoisotopic (exact) mass is 1100 g/mol. The molecule has 436 valence electrons. The van der Waals surface area contributed by atoms with E-state index < -0.39 is 83.3 Å². The molecule has 18 heteroatoms. The fourth-order valence-corrected chi connectivity index (χ4v) is 9.63. The standard InChI is InChI=1S/C62H90N10O8/c1-41(63-9)55(75)69-53(61(3,4)5)59(79)66-47(57(77)67-51(43-27-17-13-18-28-43)44-29-19-14-20-30-44)39-65-49(73)35-25-11-12-26-36-50(74)71-37-38-72(60(80)54(62(6,7)8)70-56(76)42(2)64-10)48(40-71)58(78)68-52(45-31-21-15-22-32-45)46-33-23-16-24-34-46/h13-24,27-34,41-42,47-49,51-54,56,63-65,70,73,76H,11-12,25-26,35-40H2,1-10H3,(H,66,79)(H,67,77)(H,68,78)(H,69,75)/t41-,42-,47-,48-,49?,53+,54+,56?/m0/s1. The van der Waals surface area contributed by atoms with Crippen LogP contribution in [-0.2, 0) is 28.8 Å². The van der Waals surface area contributed by atoms with Gasteiger partial charge < -0.3 is 51.9 Å². The number of unbranched alkanes of at least 4 members (excludes halogenated alkanes) is 3. The Balaban J connectivity index is 1.23. The van der Waals surface area contributed by atoms with E-state index in [1.54, 1.807) is 37.7 Å². The van der Waals surface area contributed by atoms with E-state index in [9.17, 15) is 39.0 Å². The van der Waals surface area contributed by atoms with Crippen LogP contribution in [0.2, 0.25) is 0 Å². The minimum absolute atomic E-state index is 0.0173. The molecule has 1 fully saturated rings. The molecule has 10 N–H and O–H groups in total. The number of nitrogens with zero attached hydrogens (tertiary/aromatic N) is 2. The number of piperazine rings is 1. The first-order valence-electron chi connectivity index (χ1n) is 28.2. The maximum Gasteiger partial charge on any atom is 0.245 e. The van der Waals surface area contributed by atoms with Gasteiger partial charge in [-0.15, -0.1) is 0 Å². The van der Waals surface area contributed by atoms with Crippen LogP contribution < -0.4 is 42.5 Å². The highest BCUT2D eigenvalue weighted by Gasteiger charge is 2.44. The highest BCUT2D eigenvalue weighted by atomic mass is 16.3. The summed E-state index contributed by atoms with van der Waals surface area (Å²) in [6.45, 7) is 14.9. The lowest BCUT2D eigenvalue weighted by molar-refractivity contribution is -0.152. The van der Waals surface area contributed by atoms with E-state index in [0.29, 0.717) is 32.1 Å². The van der Waals surface area contributed by atoms with Gasteiger partial charge in [0.25, 0.3) is 0 Å². The second-order valence-corrected chi connectivity index (χ2v) is 23.2. The van der Waals surface area contributed by atoms with E-state index in [-0.39, 0.29) is 56.4 Å². The van der Waals surface area contributed by atoms with E-state index in [2.05, 4.69) is 42.5 Å². The fraction of sp³-hybridized carbons (Fsp3) is 0.516. The van der Waals surface area contributed by atoms with Crippen LogP contribution in [0.3, 0.4) is 0 Å². The average Bonchev–Trinajstić information content (AvgIpc) is 3.45. The quantitative estimate of drug-likeness (QED) is 0.0276. The van der Waals surface area contributed by atoms with Gasteiger partial charge >= 0.3 is 0 Å². The van der Waals surface area contributed by atoms with Gasteiger partial charge in [0, 0.05) is 32.1 Å². The molecule has 18 nitrogen and oxygen atoms in total. The SMILES string of the molecule is CN[C@@H](C)C(=O)N[C@H](C(=O)N[C@@H](CNC(O)CCCCCCC(=O)N1CCN(C(=O)[C@@H](NC(O)[C@H](C)NC)C(C)(C)C)[C@H](C(=O)NC(c2ccccc2)c2ccccc2)C1)C(=O)NC(c1ccccc1)c1ccccc1)C(C)(C)C. The molecular weight excluding hydrogens is 1010 g/mol. The molecule has 8 atom stereocenters. The third-order valence-corrected chi connectivity index (χ3v) is 14.9. The van der Waals surface area contributed by atoms with Crippen LogP contribution in [0.1, 0.15) is 128 Å². The lowest BCUT2D eigenvalue weighted by atomic mass is 9.85. The molecule has 4 aromatic carbocycles. The van der Waals surface area contributed by atoms with Crippen molar-refractivity contribution in [1.29, 1.82) is 0 Å². The Kier molecular flexibility index (Phi) is 24.8. The number of carbonyl (C=O) groups is 6. The number of carbonyl (C=O) groups excluding carboxylic acids is 6. The molecule has 0 radical (unpaired) electrons. The summed E-state index contributed by atoms with van der Waals surface area (Å²) in [4.78, 5) is 88.1. The Hall–Kier alpha value is -6.54. The van der Waals surface area contributed by atoms with Gasteiger partial charge in [-0.3, -0.25) is 39.4 Å². The summed E-state index contributed by atoms with van der Waals surface area (Å²) in [7, 11) is 3.37. The van der Waals surface area contributed by atoms with Crippen molar-refractivity contribution < 1.29 is 39.0 Å². The maximum atomic E-state index is 14.7. The molecule has 0 saturated carbocycles. The number of amides is 6. The van der Waals surface area contributed by atoms with Crippen molar-refractivity contribution in [2.45, 2.75) is 155 Å². The van der Waals surface area contributed by atoms with Gasteiger partial charge in [0.2, 0.25) is 35.4 Å². The largest absolute Gasteiger partial charge is 0.379 e. The van der Waals surface area contributed by atoms with Crippen molar-refractivity contribution >= 4 is 35.4 Å². The summed E-state index contributed by atoms with van der Waals surface area (Å²) < 4.78 is 0. The van der Waals surface area contributed by atoms with Crippen LogP contribution in [0, 0.1) is 10.8 Å². The molecule has 1 aliphatic rings. The van der Waals surface area contributed by atoms with E-state index in [1.165, 1.54) is 0 Å². The first-order chi connectivity index (χ1) is 38.0. The van der Waals surface area contributed by atoms with E-state index in [1.807, 2.05) is 163 Å². The molecule has 0 bridgehead atoms. The van der Waals surface area contributed by atoms with Crippen LogP contribution >= 0.6 is 0 Å². The first-order valence-corrected chi connectivity index (χ1v) is 28.2. The van der Waals surface area contributed by atoms with Crippen molar-refractivity contribution in [1.82, 2.24) is 52.3 Å². The molecule has 4 aromatic rings. The molecule has 0 spiro atoms. The summed E-state index contributed by atoms with van der Waals surface area (Å²) in [5.41, 5.74) is 2.00. The van der Waals surface area contributed by atoms with Gasteiger partial charge in [-0.05, 0) is 80.3 Å². The van der Waals surface area contributed by atoms with Gasteiger partial charge in [-0.1, -0.05) is 176 Å². The molecule has 2 unspecified atom stereocenters. The number of aliphatic hydroxyl groups excluding tert-OH is 2. The number of nitrogens with one attached hydrogen (secondary N) is 8. The Labute approximate surface area is 474 Å². The smallest absolute Gasteiger partial charge is 0.245 e. The second kappa shape index (κ2) is 30.9. The van der Waals surface area contributed by atoms with Gasteiger partial charge in [0.1, 0.15) is 30.6 Å². The van der Waals surface area contributed by atoms with Crippen molar-refractivity contribution in [3.05, 3.63) is 144 Å². The molecule has 5 rings (SSSR count). The zero-order chi connectivity index (χ0) is 58.6. The fourth-order valence-electron chi connectivity index (χ4n) is 9.63. The van der Waals surface area contributed by atoms with Crippen LogP contribution in [-0.4, -0.2) is 144 Å². The van der Waals surface area contributed by atoms with Crippen LogP contribution in [0.25, 0.3) is 0 Å². The molecule has 1 heterocycles. The Morgan fingerprint density at radius 3 is 1.54 bits per heavy atom. The number of rotatable bonds is 28. The van der Waals surface area contributed by atoms with Gasteiger partial charge in [0.15, 0.2) is 0 Å². The number of hydrogen-bond donors (Lipinski definition) is 10. The Bertz CT molecular complexity index is 2490. The molecule has 0 aliphatic carbocycles. The maximum absolute atomic E-state index is 14.7. The number of hydrogen-bond acceptors (Lipinski definition) is 12. The lowest BCUT2D eigenvalue weighted by Crippen LogP contribution is -2.67. The third-order valence-electron chi connectivity index (χ3n) is 14.9. The highest BCUT2D eigenvalue weighted by Crippen LogP contribution is 2.28. The first kappa shape index (κ1) is 64.3. The van der Waals surface area contributed by atoms with Crippen molar-refractivity contribution in [3.8, 4) is 0 Å². The van der Waals surface area contributed by atoms with Crippen molar-refractivity contribution in [2.75, 3.05) is 40.3 Å². The minimum atomic E-state index is -1.15. The zero-order valence-corrected chi connectivity index (χ0v) is 48.6. The van der Waals surface area contributed by atoms with Gasteiger partial charge in [-0.25, -0.2) is 0 Å². The van der Waals surface area contributed by atoms with Crippen LogP contribution in [0.15, 0.2) is 121 Å². The van der Waals surface area contributed by atoms with Gasteiger partial charge in [0.05, 0.1) is 30.7 Å². The Morgan fingerprint density at radius 2 is 1.06 bits per heavy atom.